The largest absolute Gasteiger partial charge is 0.331 e. The van der Waals surface area contributed by atoms with Gasteiger partial charge in [0, 0.05) is 11.7 Å². The maximum Gasteiger partial charge on any atom is 0.127 e. The molecule has 0 aromatic carbocycles. The van der Waals surface area contributed by atoms with Gasteiger partial charge in [0.05, 0.1) is 24.6 Å². The Morgan fingerprint density at radius 3 is 2.85 bits per heavy atom. The van der Waals surface area contributed by atoms with Gasteiger partial charge in [-0.2, -0.15) is 5.26 Å². The maximum absolute atomic E-state index is 9.79. The van der Waals surface area contributed by atoms with Gasteiger partial charge in [0.2, 0.25) is 0 Å². The van der Waals surface area contributed by atoms with Crippen LogP contribution in [0.2, 0.25) is 0 Å². The van der Waals surface area contributed by atoms with Crippen molar-refractivity contribution in [2.75, 3.05) is 0 Å². The highest BCUT2D eigenvalue weighted by molar-refractivity contribution is 5.21. The minimum atomic E-state index is -0.417. The van der Waals surface area contributed by atoms with Crippen molar-refractivity contribution in [3.63, 3.8) is 0 Å². The molecule has 4 heteroatoms. The van der Waals surface area contributed by atoms with E-state index in [-0.39, 0.29) is 0 Å². The molecule has 4 nitrogen and oxygen atoms in total. The molecule has 3 rings (SSSR count). The molecule has 108 valence electrons. The molecule has 0 amide bonds. The third-order valence-corrected chi connectivity index (χ3v) is 4.55. The van der Waals surface area contributed by atoms with Gasteiger partial charge in [0.25, 0.3) is 0 Å². The zero-order valence-corrected chi connectivity index (χ0v) is 12.5. The van der Waals surface area contributed by atoms with Crippen LogP contribution in [-0.2, 0) is 19.4 Å². The summed E-state index contributed by atoms with van der Waals surface area (Å²) < 4.78 is 2.24. The molecule has 1 N–H and O–H groups in total. The molecular weight excluding hydrogens is 248 g/mol. The Balaban J connectivity index is 1.86. The van der Waals surface area contributed by atoms with E-state index in [4.69, 9.17) is 0 Å². The average Bonchev–Trinajstić information content (AvgIpc) is 3.22. The van der Waals surface area contributed by atoms with Gasteiger partial charge in [-0.15, -0.1) is 0 Å². The number of hydrogen-bond acceptors (Lipinski definition) is 3. The zero-order valence-electron chi connectivity index (χ0n) is 12.5. The number of aromatic nitrogens is 2. The third kappa shape index (κ3) is 2.47. The van der Waals surface area contributed by atoms with E-state index in [9.17, 15) is 5.26 Å². The van der Waals surface area contributed by atoms with E-state index in [1.807, 2.05) is 6.33 Å². The van der Waals surface area contributed by atoms with Crippen molar-refractivity contribution in [1.82, 2.24) is 14.9 Å². The Morgan fingerprint density at radius 2 is 2.20 bits per heavy atom. The van der Waals surface area contributed by atoms with Crippen molar-refractivity contribution in [3.8, 4) is 6.07 Å². The Labute approximate surface area is 121 Å². The molecule has 20 heavy (non-hydrogen) atoms. The van der Waals surface area contributed by atoms with Crippen LogP contribution in [0.25, 0.3) is 0 Å². The van der Waals surface area contributed by atoms with Crippen LogP contribution in [0.1, 0.15) is 50.9 Å². The summed E-state index contributed by atoms with van der Waals surface area (Å²) >= 11 is 0. The summed E-state index contributed by atoms with van der Waals surface area (Å²) in [5.74, 6) is 0.497. The molecule has 1 fully saturated rings. The Bertz CT molecular complexity index is 521. The van der Waals surface area contributed by atoms with E-state index in [0.29, 0.717) is 12.0 Å². The van der Waals surface area contributed by atoms with Crippen LogP contribution in [-0.4, -0.2) is 21.1 Å². The minimum Gasteiger partial charge on any atom is -0.331 e. The van der Waals surface area contributed by atoms with Crippen molar-refractivity contribution in [2.45, 2.75) is 70.5 Å². The lowest BCUT2D eigenvalue weighted by atomic mass is 9.93. The van der Waals surface area contributed by atoms with Crippen molar-refractivity contribution in [3.05, 3.63) is 17.7 Å². The molecule has 1 aromatic rings. The quantitative estimate of drug-likeness (QED) is 0.895. The van der Waals surface area contributed by atoms with Gasteiger partial charge in [-0.1, -0.05) is 0 Å². The standard InChI is InChI=1S/C16H24N4/c1-12(2)19-16(9-17,13-7-8-13)10-20-11-18-14-5-3-4-6-15(14)20/h11-13,19H,3-8,10H2,1-2H3. The van der Waals surface area contributed by atoms with Crippen molar-refractivity contribution < 1.29 is 0 Å². The molecule has 0 bridgehead atoms. The number of fused-ring (bicyclic) bond motifs is 1. The molecular formula is C16H24N4. The summed E-state index contributed by atoms with van der Waals surface area (Å²) in [5, 5.41) is 13.3. The van der Waals surface area contributed by atoms with Crippen LogP contribution in [0.5, 0.6) is 0 Å². The molecule has 0 radical (unpaired) electrons. The summed E-state index contributed by atoms with van der Waals surface area (Å²) in [6, 6.07) is 2.92. The molecule has 1 atom stereocenters. The van der Waals surface area contributed by atoms with Gasteiger partial charge in [0.15, 0.2) is 0 Å². The van der Waals surface area contributed by atoms with E-state index in [1.54, 1.807) is 0 Å². The highest BCUT2D eigenvalue weighted by Gasteiger charge is 2.46. The third-order valence-electron chi connectivity index (χ3n) is 4.55. The second-order valence-electron chi connectivity index (χ2n) is 6.63. The van der Waals surface area contributed by atoms with Crippen LogP contribution in [0, 0.1) is 17.2 Å². The summed E-state index contributed by atoms with van der Waals surface area (Å²) in [7, 11) is 0. The van der Waals surface area contributed by atoms with E-state index in [2.05, 4.69) is 34.8 Å². The van der Waals surface area contributed by atoms with Crippen LogP contribution in [0.3, 0.4) is 0 Å². The number of imidazole rings is 1. The van der Waals surface area contributed by atoms with Crippen molar-refractivity contribution >= 4 is 0 Å². The summed E-state index contributed by atoms with van der Waals surface area (Å²) in [6.07, 6.45) is 9.01. The van der Waals surface area contributed by atoms with Gasteiger partial charge < -0.3 is 4.57 Å². The van der Waals surface area contributed by atoms with Crippen molar-refractivity contribution in [1.29, 1.82) is 5.26 Å². The van der Waals surface area contributed by atoms with Crippen LogP contribution < -0.4 is 5.32 Å². The number of hydrogen-bond donors (Lipinski definition) is 1. The van der Waals surface area contributed by atoms with Crippen molar-refractivity contribution in [2.24, 2.45) is 5.92 Å². The van der Waals surface area contributed by atoms with E-state index >= 15 is 0 Å². The van der Waals surface area contributed by atoms with Crippen LogP contribution in [0.4, 0.5) is 0 Å². The lowest BCUT2D eigenvalue weighted by molar-refractivity contribution is 0.291. The predicted molar refractivity (Wildman–Crippen MR) is 78.2 cm³/mol. The topological polar surface area (TPSA) is 53.6 Å². The highest BCUT2D eigenvalue weighted by atomic mass is 15.1. The van der Waals surface area contributed by atoms with E-state index in [0.717, 1.165) is 19.4 Å². The lowest BCUT2D eigenvalue weighted by Gasteiger charge is -2.31. The number of rotatable bonds is 5. The first-order valence-electron chi connectivity index (χ1n) is 7.86. The van der Waals surface area contributed by atoms with E-state index in [1.165, 1.54) is 37.1 Å². The van der Waals surface area contributed by atoms with E-state index < -0.39 is 5.54 Å². The van der Waals surface area contributed by atoms with Gasteiger partial charge in [-0.25, -0.2) is 4.98 Å². The number of aryl methyl sites for hydroxylation is 1. The smallest absolute Gasteiger partial charge is 0.127 e. The van der Waals surface area contributed by atoms with Gasteiger partial charge in [0.1, 0.15) is 5.54 Å². The highest BCUT2D eigenvalue weighted by Crippen LogP contribution is 2.41. The maximum atomic E-state index is 9.79. The molecule has 0 aliphatic heterocycles. The Morgan fingerprint density at radius 1 is 1.45 bits per heavy atom. The average molecular weight is 272 g/mol. The fraction of sp³-hybridized carbons (Fsp3) is 0.750. The molecule has 1 aromatic heterocycles. The zero-order chi connectivity index (χ0) is 14.2. The molecule has 2 aliphatic rings. The monoisotopic (exact) mass is 272 g/mol. The number of nitrogens with one attached hydrogen (secondary N) is 1. The number of nitriles is 1. The second-order valence-corrected chi connectivity index (χ2v) is 6.63. The first-order valence-corrected chi connectivity index (χ1v) is 7.86. The van der Waals surface area contributed by atoms with Gasteiger partial charge in [-0.3, -0.25) is 5.32 Å². The number of nitrogens with zero attached hydrogens (tertiary/aromatic N) is 3. The van der Waals surface area contributed by atoms with Gasteiger partial charge in [-0.05, 0) is 58.3 Å². The SMILES string of the molecule is CC(C)NC(C#N)(Cn1cnc2c1CCCC2)C1CC1. The van der Waals surface area contributed by atoms with Crippen LogP contribution in [0.15, 0.2) is 6.33 Å². The first-order chi connectivity index (χ1) is 9.64. The summed E-state index contributed by atoms with van der Waals surface area (Å²) in [4.78, 5) is 4.56. The first kappa shape index (κ1) is 13.6. The fourth-order valence-electron chi connectivity index (χ4n) is 3.48. The molecule has 1 unspecified atom stereocenters. The molecule has 0 saturated heterocycles. The minimum absolute atomic E-state index is 0.328. The molecule has 1 saturated carbocycles. The molecule has 0 spiro atoms. The lowest BCUT2D eigenvalue weighted by Crippen LogP contribution is -2.52. The second kappa shape index (κ2) is 5.21. The van der Waals surface area contributed by atoms with Crippen LogP contribution >= 0.6 is 0 Å². The summed E-state index contributed by atoms with van der Waals surface area (Å²) in [6.45, 7) is 4.99. The normalized spacial score (nSPS) is 21.3. The molecule has 1 heterocycles. The Kier molecular flexibility index (Phi) is 3.55. The predicted octanol–water partition coefficient (Wildman–Crippen LogP) is 2.43. The van der Waals surface area contributed by atoms with Gasteiger partial charge >= 0.3 is 0 Å². The fourth-order valence-corrected chi connectivity index (χ4v) is 3.48. The molecule has 2 aliphatic carbocycles. The Hall–Kier alpha value is -1.34. The summed E-state index contributed by atoms with van der Waals surface area (Å²) in [5.41, 5.74) is 2.20.